The maximum Gasteiger partial charge on any atom is 0.0138 e. The van der Waals surface area contributed by atoms with Crippen LogP contribution < -0.4 is 11.1 Å². The van der Waals surface area contributed by atoms with Crippen LogP contribution in [0.25, 0.3) is 0 Å². The summed E-state index contributed by atoms with van der Waals surface area (Å²) in [6, 6.07) is 2.13. The lowest BCUT2D eigenvalue weighted by Crippen LogP contribution is -2.41. The molecule has 3 N–H and O–H groups in total. The van der Waals surface area contributed by atoms with Crippen LogP contribution in [-0.4, -0.2) is 18.1 Å². The molecular formula is C14H24N2. The molecule has 4 fully saturated rings. The third kappa shape index (κ3) is 1.39. The maximum atomic E-state index is 6.06. The monoisotopic (exact) mass is 220 g/mol. The van der Waals surface area contributed by atoms with Crippen molar-refractivity contribution in [2.45, 2.75) is 63.1 Å². The zero-order valence-corrected chi connectivity index (χ0v) is 10.1. The normalized spacial score (nSPS) is 58.7. The van der Waals surface area contributed by atoms with Crippen molar-refractivity contribution in [3.05, 3.63) is 0 Å². The van der Waals surface area contributed by atoms with E-state index in [1.807, 2.05) is 0 Å². The molecule has 2 bridgehead atoms. The summed E-state index contributed by atoms with van der Waals surface area (Å²) in [5, 5.41) is 3.95. The average molecular weight is 220 g/mol. The van der Waals surface area contributed by atoms with Crippen molar-refractivity contribution in [3.63, 3.8) is 0 Å². The van der Waals surface area contributed by atoms with E-state index in [-0.39, 0.29) is 0 Å². The first-order chi connectivity index (χ1) is 7.83. The first-order valence-electron chi connectivity index (χ1n) is 7.34. The van der Waals surface area contributed by atoms with E-state index in [0.29, 0.717) is 6.04 Å². The van der Waals surface area contributed by atoms with Gasteiger partial charge in [-0.05, 0) is 62.2 Å². The highest BCUT2D eigenvalue weighted by Crippen LogP contribution is 2.65. The fourth-order valence-corrected chi connectivity index (χ4v) is 5.20. The summed E-state index contributed by atoms with van der Waals surface area (Å²) in [5.41, 5.74) is 6.06. The first-order valence-corrected chi connectivity index (χ1v) is 7.34. The van der Waals surface area contributed by atoms with Crippen LogP contribution in [0, 0.1) is 23.7 Å². The zero-order valence-electron chi connectivity index (χ0n) is 10.1. The Bertz CT molecular complexity index is 274. The van der Waals surface area contributed by atoms with Crippen LogP contribution >= 0.6 is 0 Å². The van der Waals surface area contributed by atoms with Crippen molar-refractivity contribution < 1.29 is 0 Å². The molecule has 0 spiro atoms. The average Bonchev–Trinajstić information content (AvgIpc) is 2.70. The lowest BCUT2D eigenvalue weighted by molar-refractivity contribution is 0.317. The summed E-state index contributed by atoms with van der Waals surface area (Å²) in [6.07, 6.45) is 9.83. The number of rotatable bonds is 2. The van der Waals surface area contributed by atoms with Gasteiger partial charge in [-0.3, -0.25) is 0 Å². The van der Waals surface area contributed by atoms with Crippen LogP contribution in [-0.2, 0) is 0 Å². The molecule has 0 aromatic carbocycles. The topological polar surface area (TPSA) is 38.0 Å². The standard InChI is InChI=1S/C14H24N2/c15-10-2-1-3-11(7-10)16-14-12-8-4-5-9(6-8)13(12)14/h8-14,16H,1-7,15H2. The molecule has 0 aromatic rings. The predicted octanol–water partition coefficient (Wildman–Crippen LogP) is 1.89. The van der Waals surface area contributed by atoms with E-state index in [2.05, 4.69) is 5.32 Å². The van der Waals surface area contributed by atoms with E-state index in [4.69, 9.17) is 5.73 Å². The SMILES string of the molecule is NC1CCCC(NC2C3C4CCC(C4)C23)C1. The first kappa shape index (κ1) is 9.90. The van der Waals surface area contributed by atoms with E-state index in [1.165, 1.54) is 38.5 Å². The van der Waals surface area contributed by atoms with Gasteiger partial charge in [0.2, 0.25) is 0 Å². The second-order valence-corrected chi connectivity index (χ2v) is 6.80. The molecule has 2 nitrogen and oxygen atoms in total. The van der Waals surface area contributed by atoms with Gasteiger partial charge in [-0.2, -0.15) is 0 Å². The number of hydrogen-bond acceptors (Lipinski definition) is 2. The fraction of sp³-hybridized carbons (Fsp3) is 1.00. The van der Waals surface area contributed by atoms with Gasteiger partial charge in [-0.1, -0.05) is 6.42 Å². The Morgan fingerprint density at radius 1 is 0.875 bits per heavy atom. The summed E-state index contributed by atoms with van der Waals surface area (Å²) in [6.45, 7) is 0. The Kier molecular flexibility index (Phi) is 2.14. The minimum absolute atomic E-state index is 0.474. The Morgan fingerprint density at radius 3 is 2.31 bits per heavy atom. The highest BCUT2D eigenvalue weighted by Gasteiger charge is 2.64. The van der Waals surface area contributed by atoms with E-state index in [1.54, 1.807) is 6.42 Å². The summed E-state index contributed by atoms with van der Waals surface area (Å²) >= 11 is 0. The van der Waals surface area contributed by atoms with E-state index >= 15 is 0 Å². The van der Waals surface area contributed by atoms with Gasteiger partial charge in [0.25, 0.3) is 0 Å². The van der Waals surface area contributed by atoms with Crippen molar-refractivity contribution in [2.24, 2.45) is 29.4 Å². The van der Waals surface area contributed by atoms with Crippen LogP contribution in [0.1, 0.15) is 44.9 Å². The van der Waals surface area contributed by atoms with Crippen LogP contribution in [0.5, 0.6) is 0 Å². The van der Waals surface area contributed by atoms with Gasteiger partial charge < -0.3 is 11.1 Å². The number of hydrogen-bond donors (Lipinski definition) is 2. The summed E-state index contributed by atoms with van der Waals surface area (Å²) in [5.74, 6) is 4.36. The van der Waals surface area contributed by atoms with Crippen LogP contribution in [0.3, 0.4) is 0 Å². The van der Waals surface area contributed by atoms with E-state index < -0.39 is 0 Å². The molecule has 4 aliphatic carbocycles. The zero-order chi connectivity index (χ0) is 10.7. The largest absolute Gasteiger partial charge is 0.328 e. The summed E-state index contributed by atoms with van der Waals surface area (Å²) in [4.78, 5) is 0. The minimum atomic E-state index is 0.474. The number of fused-ring (bicyclic) bond motifs is 5. The summed E-state index contributed by atoms with van der Waals surface area (Å²) in [7, 11) is 0. The lowest BCUT2D eigenvalue weighted by Gasteiger charge is -2.28. The Labute approximate surface area is 98.3 Å². The number of nitrogens with one attached hydrogen (secondary N) is 1. The predicted molar refractivity (Wildman–Crippen MR) is 65.0 cm³/mol. The molecule has 0 heterocycles. The number of nitrogens with two attached hydrogens (primary N) is 1. The Hall–Kier alpha value is -0.0800. The Morgan fingerprint density at radius 2 is 1.62 bits per heavy atom. The highest BCUT2D eigenvalue weighted by atomic mass is 15.1. The molecular weight excluding hydrogens is 196 g/mol. The van der Waals surface area contributed by atoms with Crippen LogP contribution in [0.4, 0.5) is 0 Å². The van der Waals surface area contributed by atoms with Gasteiger partial charge in [0.05, 0.1) is 0 Å². The van der Waals surface area contributed by atoms with Crippen LogP contribution in [0.15, 0.2) is 0 Å². The van der Waals surface area contributed by atoms with E-state index in [0.717, 1.165) is 35.8 Å². The van der Waals surface area contributed by atoms with Gasteiger partial charge in [0.15, 0.2) is 0 Å². The van der Waals surface area contributed by atoms with Gasteiger partial charge in [0, 0.05) is 18.1 Å². The molecule has 0 aliphatic heterocycles. The second-order valence-electron chi connectivity index (χ2n) is 6.80. The molecule has 4 saturated carbocycles. The van der Waals surface area contributed by atoms with Crippen LogP contribution in [0.2, 0.25) is 0 Å². The fourth-order valence-electron chi connectivity index (χ4n) is 5.20. The second kappa shape index (κ2) is 3.46. The van der Waals surface area contributed by atoms with Crippen molar-refractivity contribution in [2.75, 3.05) is 0 Å². The molecule has 0 aromatic heterocycles. The molecule has 6 unspecified atom stereocenters. The molecule has 2 heteroatoms. The molecule has 4 rings (SSSR count). The molecule has 6 atom stereocenters. The summed E-state index contributed by atoms with van der Waals surface area (Å²) < 4.78 is 0. The van der Waals surface area contributed by atoms with Crippen molar-refractivity contribution in [3.8, 4) is 0 Å². The highest BCUT2D eigenvalue weighted by molar-refractivity contribution is 5.17. The molecule has 16 heavy (non-hydrogen) atoms. The lowest BCUT2D eigenvalue weighted by atomic mass is 9.91. The third-order valence-electron chi connectivity index (χ3n) is 5.88. The molecule has 0 saturated heterocycles. The minimum Gasteiger partial charge on any atom is -0.328 e. The molecule has 4 aliphatic rings. The van der Waals surface area contributed by atoms with Gasteiger partial charge >= 0.3 is 0 Å². The van der Waals surface area contributed by atoms with Crippen molar-refractivity contribution in [1.29, 1.82) is 0 Å². The van der Waals surface area contributed by atoms with E-state index in [9.17, 15) is 0 Å². The molecule has 0 amide bonds. The smallest absolute Gasteiger partial charge is 0.0138 e. The van der Waals surface area contributed by atoms with Crippen molar-refractivity contribution >= 4 is 0 Å². The van der Waals surface area contributed by atoms with Gasteiger partial charge in [-0.25, -0.2) is 0 Å². The van der Waals surface area contributed by atoms with Gasteiger partial charge in [-0.15, -0.1) is 0 Å². The molecule has 90 valence electrons. The Balaban J connectivity index is 1.36. The molecule has 0 radical (unpaired) electrons. The quantitative estimate of drug-likeness (QED) is 0.746. The van der Waals surface area contributed by atoms with Gasteiger partial charge in [0.1, 0.15) is 0 Å². The van der Waals surface area contributed by atoms with Crippen molar-refractivity contribution in [1.82, 2.24) is 5.32 Å². The third-order valence-corrected chi connectivity index (χ3v) is 5.88. The maximum absolute atomic E-state index is 6.06.